The number of anilines is 1. The molecule has 1 saturated heterocycles. The maximum Gasteiger partial charge on any atom is 0.245 e. The molecule has 2 amide bonds. The van der Waals surface area contributed by atoms with Gasteiger partial charge in [0.15, 0.2) is 5.01 Å². The minimum Gasteiger partial charge on any atom is -0.333 e. The highest BCUT2D eigenvalue weighted by molar-refractivity contribution is 7.18. The lowest BCUT2D eigenvalue weighted by atomic mass is 10.2. The normalized spacial score (nSPS) is 15.2. The maximum atomic E-state index is 12.2. The Morgan fingerprint density at radius 3 is 2.92 bits per heavy atom. The molecule has 1 N–H and O–H groups in total. The number of rotatable bonds is 4. The molecule has 3 rings (SSSR count). The van der Waals surface area contributed by atoms with Gasteiger partial charge in [0.2, 0.25) is 16.9 Å². The first kappa shape index (κ1) is 16.9. The summed E-state index contributed by atoms with van der Waals surface area (Å²) in [5, 5.41) is 12.4. The summed E-state index contributed by atoms with van der Waals surface area (Å²) in [4.78, 5) is 25.7. The molecule has 126 valence electrons. The Kier molecular flexibility index (Phi) is 5.42. The summed E-state index contributed by atoms with van der Waals surface area (Å²) in [5.41, 5.74) is 0.778. The third kappa shape index (κ3) is 4.10. The van der Waals surface area contributed by atoms with Crippen LogP contribution in [0.4, 0.5) is 5.13 Å². The van der Waals surface area contributed by atoms with Gasteiger partial charge in [0, 0.05) is 18.5 Å². The number of hydrogen-bond acceptors (Lipinski definition) is 5. The van der Waals surface area contributed by atoms with Crippen molar-refractivity contribution in [2.45, 2.75) is 25.7 Å². The van der Waals surface area contributed by atoms with Gasteiger partial charge in [0.05, 0.1) is 11.6 Å². The van der Waals surface area contributed by atoms with E-state index < -0.39 is 0 Å². The molecule has 1 aromatic heterocycles. The standard InChI is InChI=1S/C16H17ClN4O2S/c17-12-7-4-3-6-11(12)15-19-20-16(24-15)18-13(22)10-21-9-5-1-2-8-14(21)23/h3-4,6-7H,1-2,5,8-10H2,(H,18,20,22). The number of amides is 2. The zero-order valence-electron chi connectivity index (χ0n) is 13.0. The molecule has 0 saturated carbocycles. The van der Waals surface area contributed by atoms with E-state index in [2.05, 4.69) is 15.5 Å². The predicted molar refractivity (Wildman–Crippen MR) is 94.0 cm³/mol. The SMILES string of the molecule is O=C(CN1CCCCCC1=O)Nc1nnc(-c2ccccc2Cl)s1. The number of carbonyl (C=O) groups is 2. The molecule has 1 aromatic carbocycles. The second-order valence-electron chi connectivity index (χ2n) is 5.57. The van der Waals surface area contributed by atoms with Crippen molar-refractivity contribution in [3.8, 4) is 10.6 Å². The van der Waals surface area contributed by atoms with E-state index in [0.717, 1.165) is 24.8 Å². The van der Waals surface area contributed by atoms with Gasteiger partial charge in [-0.25, -0.2) is 0 Å². The van der Waals surface area contributed by atoms with Crippen LogP contribution in [0.25, 0.3) is 10.6 Å². The smallest absolute Gasteiger partial charge is 0.245 e. The molecule has 0 aliphatic carbocycles. The van der Waals surface area contributed by atoms with Gasteiger partial charge < -0.3 is 4.90 Å². The molecule has 1 aliphatic rings. The fourth-order valence-electron chi connectivity index (χ4n) is 2.56. The Morgan fingerprint density at radius 2 is 2.08 bits per heavy atom. The van der Waals surface area contributed by atoms with Gasteiger partial charge in [-0.2, -0.15) is 0 Å². The van der Waals surface area contributed by atoms with Gasteiger partial charge in [-0.05, 0) is 18.9 Å². The van der Waals surface area contributed by atoms with Gasteiger partial charge in [-0.15, -0.1) is 10.2 Å². The summed E-state index contributed by atoms with van der Waals surface area (Å²) in [5.74, 6) is -0.219. The summed E-state index contributed by atoms with van der Waals surface area (Å²) in [6.07, 6.45) is 3.38. The second kappa shape index (κ2) is 7.72. The Labute approximate surface area is 148 Å². The highest BCUT2D eigenvalue weighted by atomic mass is 35.5. The fourth-order valence-corrected chi connectivity index (χ4v) is 3.64. The van der Waals surface area contributed by atoms with E-state index in [4.69, 9.17) is 11.6 Å². The molecule has 0 radical (unpaired) electrons. The molecule has 0 atom stereocenters. The summed E-state index contributed by atoms with van der Waals surface area (Å²) < 4.78 is 0. The number of aromatic nitrogens is 2. The van der Waals surface area contributed by atoms with Crippen molar-refractivity contribution >= 4 is 39.9 Å². The summed E-state index contributed by atoms with van der Waals surface area (Å²) in [6, 6.07) is 7.34. The minimum atomic E-state index is -0.257. The van der Waals surface area contributed by atoms with Crippen LogP contribution in [0.1, 0.15) is 25.7 Å². The van der Waals surface area contributed by atoms with E-state index >= 15 is 0 Å². The molecule has 2 aromatic rings. The van der Waals surface area contributed by atoms with E-state index in [1.54, 1.807) is 11.0 Å². The van der Waals surface area contributed by atoms with Gasteiger partial charge in [0.1, 0.15) is 0 Å². The molecule has 1 aliphatic heterocycles. The van der Waals surface area contributed by atoms with Crippen LogP contribution in [-0.4, -0.2) is 40.0 Å². The molecule has 0 bridgehead atoms. The van der Waals surface area contributed by atoms with Gasteiger partial charge in [0.25, 0.3) is 0 Å². The van der Waals surface area contributed by atoms with Crippen molar-refractivity contribution in [3.05, 3.63) is 29.3 Å². The van der Waals surface area contributed by atoms with E-state index in [1.165, 1.54) is 11.3 Å². The van der Waals surface area contributed by atoms with Crippen LogP contribution in [-0.2, 0) is 9.59 Å². The van der Waals surface area contributed by atoms with Crippen molar-refractivity contribution in [2.75, 3.05) is 18.4 Å². The lowest BCUT2D eigenvalue weighted by Gasteiger charge is -2.19. The van der Waals surface area contributed by atoms with Gasteiger partial charge in [-0.3, -0.25) is 14.9 Å². The average Bonchev–Trinajstić information content (AvgIpc) is 2.92. The van der Waals surface area contributed by atoms with Crippen molar-refractivity contribution in [3.63, 3.8) is 0 Å². The maximum absolute atomic E-state index is 12.2. The zero-order chi connectivity index (χ0) is 16.9. The molecule has 8 heteroatoms. The molecule has 1 fully saturated rings. The molecular formula is C16H17ClN4O2S. The third-order valence-electron chi connectivity index (χ3n) is 3.78. The van der Waals surface area contributed by atoms with Crippen LogP contribution in [0, 0.1) is 0 Å². The van der Waals surface area contributed by atoms with E-state index in [1.807, 2.05) is 18.2 Å². The number of nitrogens with one attached hydrogen (secondary N) is 1. The first-order chi connectivity index (χ1) is 11.6. The van der Waals surface area contributed by atoms with Crippen LogP contribution in [0.5, 0.6) is 0 Å². The summed E-state index contributed by atoms with van der Waals surface area (Å²) in [7, 11) is 0. The molecule has 24 heavy (non-hydrogen) atoms. The van der Waals surface area contributed by atoms with E-state index in [-0.39, 0.29) is 18.4 Å². The first-order valence-corrected chi connectivity index (χ1v) is 8.99. The van der Waals surface area contributed by atoms with Crippen LogP contribution < -0.4 is 5.32 Å². The monoisotopic (exact) mass is 364 g/mol. The Morgan fingerprint density at radius 1 is 1.25 bits per heavy atom. The fraction of sp³-hybridized carbons (Fsp3) is 0.375. The van der Waals surface area contributed by atoms with Gasteiger partial charge >= 0.3 is 0 Å². The van der Waals surface area contributed by atoms with Crippen LogP contribution in [0.2, 0.25) is 5.02 Å². The average molecular weight is 365 g/mol. The lowest BCUT2D eigenvalue weighted by Crippen LogP contribution is -2.37. The van der Waals surface area contributed by atoms with Crippen molar-refractivity contribution in [2.24, 2.45) is 0 Å². The number of benzene rings is 1. The molecular weight excluding hydrogens is 348 g/mol. The van der Waals surface area contributed by atoms with E-state index in [9.17, 15) is 9.59 Å². The Balaban J connectivity index is 1.63. The summed E-state index contributed by atoms with van der Waals surface area (Å²) >= 11 is 7.39. The highest BCUT2D eigenvalue weighted by Crippen LogP contribution is 2.31. The molecule has 0 spiro atoms. The lowest BCUT2D eigenvalue weighted by molar-refractivity contribution is -0.134. The van der Waals surface area contributed by atoms with Crippen molar-refractivity contribution in [1.29, 1.82) is 0 Å². The number of nitrogens with zero attached hydrogens (tertiary/aromatic N) is 3. The number of hydrogen-bond donors (Lipinski definition) is 1. The van der Waals surface area contributed by atoms with Crippen LogP contribution in [0.3, 0.4) is 0 Å². The van der Waals surface area contributed by atoms with Crippen molar-refractivity contribution in [1.82, 2.24) is 15.1 Å². The zero-order valence-corrected chi connectivity index (χ0v) is 14.6. The quantitative estimate of drug-likeness (QED) is 0.903. The molecule has 0 unspecified atom stereocenters. The van der Waals surface area contributed by atoms with E-state index in [0.29, 0.717) is 28.1 Å². The van der Waals surface area contributed by atoms with Crippen LogP contribution >= 0.6 is 22.9 Å². The topological polar surface area (TPSA) is 75.2 Å². The highest BCUT2D eigenvalue weighted by Gasteiger charge is 2.20. The van der Waals surface area contributed by atoms with Crippen LogP contribution in [0.15, 0.2) is 24.3 Å². The Bertz CT molecular complexity index is 749. The third-order valence-corrected chi connectivity index (χ3v) is 4.98. The predicted octanol–water partition coefficient (Wildman–Crippen LogP) is 3.20. The first-order valence-electron chi connectivity index (χ1n) is 7.79. The largest absolute Gasteiger partial charge is 0.333 e. The molecule has 2 heterocycles. The number of carbonyl (C=O) groups excluding carboxylic acids is 2. The molecule has 6 nitrogen and oxygen atoms in total. The van der Waals surface area contributed by atoms with Crippen molar-refractivity contribution < 1.29 is 9.59 Å². The summed E-state index contributed by atoms with van der Waals surface area (Å²) in [6.45, 7) is 0.688. The number of likely N-dealkylation sites (tertiary alicyclic amines) is 1. The number of halogens is 1. The van der Waals surface area contributed by atoms with Gasteiger partial charge in [-0.1, -0.05) is 47.6 Å². The minimum absolute atomic E-state index is 0.0386. The second-order valence-corrected chi connectivity index (χ2v) is 6.95. The Hall–Kier alpha value is -1.99.